The molecule has 2 aromatic heterocycles. The maximum Gasteiger partial charge on any atom is 0.252 e. The van der Waals surface area contributed by atoms with Gasteiger partial charge in [-0.3, -0.25) is 9.78 Å². The Morgan fingerprint density at radius 2 is 1.88 bits per heavy atom. The fourth-order valence-corrected chi connectivity index (χ4v) is 3.49. The minimum atomic E-state index is -0.860. The van der Waals surface area contributed by atoms with Crippen LogP contribution in [0.25, 0.3) is 11.1 Å². The predicted octanol–water partition coefficient (Wildman–Crippen LogP) is 4.06. The number of hydrogen-bond acceptors (Lipinski definition) is 7. The first-order chi connectivity index (χ1) is 16.2. The van der Waals surface area contributed by atoms with Crippen molar-refractivity contribution >= 4 is 23.2 Å². The van der Waals surface area contributed by atoms with Gasteiger partial charge < -0.3 is 26.8 Å². The molecule has 6 N–H and O–H groups in total. The van der Waals surface area contributed by atoms with Crippen molar-refractivity contribution in [2.45, 2.75) is 26.3 Å². The molecule has 0 aliphatic rings. The Balaban J connectivity index is 1.97. The van der Waals surface area contributed by atoms with Crippen LogP contribution in [0.2, 0.25) is 0 Å². The van der Waals surface area contributed by atoms with E-state index in [0.717, 1.165) is 6.07 Å². The number of rotatable bonds is 10. The molecule has 2 heterocycles. The summed E-state index contributed by atoms with van der Waals surface area (Å²) >= 11 is 0. The Labute approximate surface area is 196 Å². The van der Waals surface area contributed by atoms with Crippen LogP contribution < -0.4 is 26.8 Å². The summed E-state index contributed by atoms with van der Waals surface area (Å²) in [7, 11) is 1.49. The Bertz CT molecular complexity index is 1170. The van der Waals surface area contributed by atoms with Gasteiger partial charge in [0.15, 0.2) is 11.6 Å². The van der Waals surface area contributed by atoms with Gasteiger partial charge in [-0.2, -0.15) is 0 Å². The number of ether oxygens (including phenoxy) is 1. The fourth-order valence-electron chi connectivity index (χ4n) is 3.49. The average Bonchev–Trinajstić information content (AvgIpc) is 2.80. The van der Waals surface area contributed by atoms with E-state index in [4.69, 9.17) is 16.2 Å². The van der Waals surface area contributed by atoms with Crippen molar-refractivity contribution in [3.8, 4) is 16.9 Å². The van der Waals surface area contributed by atoms with Gasteiger partial charge in [0.25, 0.3) is 5.91 Å². The van der Waals surface area contributed by atoms with Crippen LogP contribution in [0, 0.1) is 17.6 Å². The van der Waals surface area contributed by atoms with Crippen molar-refractivity contribution in [1.29, 1.82) is 0 Å². The van der Waals surface area contributed by atoms with Gasteiger partial charge in [0, 0.05) is 29.9 Å². The van der Waals surface area contributed by atoms with Crippen LogP contribution in [-0.2, 0) is 0 Å². The third kappa shape index (κ3) is 5.96. The van der Waals surface area contributed by atoms with Gasteiger partial charge >= 0.3 is 0 Å². The SMILES string of the molecule is COc1ccc(F)c(-c2cncc(Nc3nc(N[C@@H](CN)CC(C)C)c(F)cc3C(N)=O)c2)c1. The molecule has 0 fully saturated rings. The van der Waals surface area contributed by atoms with E-state index in [1.807, 2.05) is 13.8 Å². The first kappa shape index (κ1) is 24.8. The van der Waals surface area contributed by atoms with Crippen LogP contribution in [0.4, 0.5) is 26.1 Å². The van der Waals surface area contributed by atoms with Crippen molar-refractivity contribution in [1.82, 2.24) is 9.97 Å². The van der Waals surface area contributed by atoms with Crippen LogP contribution in [0.15, 0.2) is 42.7 Å². The third-order valence-corrected chi connectivity index (χ3v) is 5.11. The number of aromatic nitrogens is 2. The van der Waals surface area contributed by atoms with E-state index < -0.39 is 17.5 Å². The predicted molar refractivity (Wildman–Crippen MR) is 128 cm³/mol. The van der Waals surface area contributed by atoms with Gasteiger partial charge in [-0.05, 0) is 42.7 Å². The molecule has 1 atom stereocenters. The van der Waals surface area contributed by atoms with Crippen LogP contribution in [-0.4, -0.2) is 35.6 Å². The minimum Gasteiger partial charge on any atom is -0.497 e. The molecule has 0 saturated heterocycles. The summed E-state index contributed by atoms with van der Waals surface area (Å²) in [6.45, 7) is 4.34. The van der Waals surface area contributed by atoms with Crippen LogP contribution in [0.5, 0.6) is 5.75 Å². The molecule has 180 valence electrons. The Kier molecular flexibility index (Phi) is 7.95. The molecular weight excluding hydrogens is 442 g/mol. The molecule has 10 heteroatoms. The van der Waals surface area contributed by atoms with Crippen molar-refractivity contribution in [2.75, 3.05) is 24.3 Å². The highest BCUT2D eigenvalue weighted by molar-refractivity contribution is 5.98. The van der Waals surface area contributed by atoms with E-state index in [9.17, 15) is 13.6 Å². The van der Waals surface area contributed by atoms with Gasteiger partial charge in [-0.1, -0.05) is 13.8 Å². The zero-order valence-electron chi connectivity index (χ0n) is 19.2. The smallest absolute Gasteiger partial charge is 0.252 e. The summed E-state index contributed by atoms with van der Waals surface area (Å²) in [4.78, 5) is 20.4. The molecule has 34 heavy (non-hydrogen) atoms. The van der Waals surface area contributed by atoms with E-state index >= 15 is 0 Å². The summed E-state index contributed by atoms with van der Waals surface area (Å²) < 4.78 is 34.3. The largest absolute Gasteiger partial charge is 0.497 e. The summed E-state index contributed by atoms with van der Waals surface area (Å²) in [5.74, 6) is -1.27. The molecule has 0 spiro atoms. The topological polar surface area (TPSA) is 128 Å². The number of nitrogens with two attached hydrogens (primary N) is 2. The summed E-state index contributed by atoms with van der Waals surface area (Å²) in [5, 5.41) is 5.94. The van der Waals surface area contributed by atoms with Gasteiger partial charge in [0.2, 0.25) is 0 Å². The number of primary amides is 1. The van der Waals surface area contributed by atoms with Gasteiger partial charge in [-0.15, -0.1) is 0 Å². The highest BCUT2D eigenvalue weighted by Crippen LogP contribution is 2.30. The number of nitrogens with one attached hydrogen (secondary N) is 2. The highest BCUT2D eigenvalue weighted by Gasteiger charge is 2.19. The van der Waals surface area contributed by atoms with Gasteiger partial charge in [-0.25, -0.2) is 13.8 Å². The molecule has 8 nitrogen and oxygen atoms in total. The first-order valence-corrected chi connectivity index (χ1v) is 10.7. The van der Waals surface area contributed by atoms with E-state index in [2.05, 4.69) is 20.6 Å². The lowest BCUT2D eigenvalue weighted by Crippen LogP contribution is -2.31. The van der Waals surface area contributed by atoms with Crippen LogP contribution >= 0.6 is 0 Å². The Morgan fingerprint density at radius 1 is 1.12 bits per heavy atom. The third-order valence-electron chi connectivity index (χ3n) is 5.11. The average molecular weight is 471 g/mol. The number of anilines is 3. The number of halogens is 2. The number of pyridine rings is 2. The van der Waals surface area contributed by atoms with E-state index in [1.54, 1.807) is 12.1 Å². The highest BCUT2D eigenvalue weighted by atomic mass is 19.1. The maximum absolute atomic E-state index is 14.7. The Morgan fingerprint density at radius 3 is 2.53 bits per heavy atom. The molecule has 3 aromatic rings. The maximum atomic E-state index is 14.7. The number of nitrogens with zero attached hydrogens (tertiary/aromatic N) is 2. The standard InChI is InChI=1S/C24H28F2N6O2/c1-13(2)6-15(10-27)30-24-21(26)9-19(22(28)33)23(32-24)31-16-7-14(11-29-12-16)18-8-17(34-3)4-5-20(18)25/h4-5,7-9,11-13,15H,6,10,27H2,1-3H3,(H2,28,33)(H2,30,31,32)/t15-/m1/s1. The molecule has 0 aliphatic heterocycles. The quantitative estimate of drug-likeness (QED) is 0.352. The molecule has 0 unspecified atom stereocenters. The monoisotopic (exact) mass is 470 g/mol. The first-order valence-electron chi connectivity index (χ1n) is 10.7. The van der Waals surface area contributed by atoms with Crippen molar-refractivity contribution in [2.24, 2.45) is 17.4 Å². The molecule has 1 amide bonds. The van der Waals surface area contributed by atoms with Crippen molar-refractivity contribution < 1.29 is 18.3 Å². The number of methoxy groups -OCH3 is 1. The molecule has 0 saturated carbocycles. The van der Waals surface area contributed by atoms with Gasteiger partial charge in [0.05, 0.1) is 24.6 Å². The normalized spacial score (nSPS) is 11.9. The Hall–Kier alpha value is -3.79. The fraction of sp³-hybridized carbons (Fsp3) is 0.292. The molecular formula is C24H28F2N6O2. The van der Waals surface area contributed by atoms with E-state index in [1.165, 1.54) is 31.6 Å². The summed E-state index contributed by atoms with van der Waals surface area (Å²) in [6, 6.07) is 6.78. The lowest BCUT2D eigenvalue weighted by Gasteiger charge is -2.21. The van der Waals surface area contributed by atoms with Gasteiger partial charge in [0.1, 0.15) is 17.4 Å². The number of carbonyl (C=O) groups excluding carboxylic acids is 1. The van der Waals surface area contributed by atoms with Crippen LogP contribution in [0.3, 0.4) is 0 Å². The summed E-state index contributed by atoms with van der Waals surface area (Å²) in [6.07, 6.45) is 3.66. The molecule has 0 radical (unpaired) electrons. The summed E-state index contributed by atoms with van der Waals surface area (Å²) in [5.41, 5.74) is 12.2. The van der Waals surface area contributed by atoms with Crippen molar-refractivity contribution in [3.05, 3.63) is 59.9 Å². The van der Waals surface area contributed by atoms with E-state index in [-0.39, 0.29) is 35.3 Å². The second-order valence-electron chi connectivity index (χ2n) is 8.22. The lowest BCUT2D eigenvalue weighted by atomic mass is 10.0. The van der Waals surface area contributed by atoms with Crippen molar-refractivity contribution in [3.63, 3.8) is 0 Å². The van der Waals surface area contributed by atoms with Crippen LogP contribution in [0.1, 0.15) is 30.6 Å². The minimum absolute atomic E-state index is 0.0294. The number of amides is 1. The molecule has 3 rings (SSSR count). The molecule has 0 bridgehead atoms. The second-order valence-corrected chi connectivity index (χ2v) is 8.22. The molecule has 0 aliphatic carbocycles. The number of carbonyl (C=O) groups is 1. The second kappa shape index (κ2) is 10.9. The van der Waals surface area contributed by atoms with E-state index in [0.29, 0.717) is 29.3 Å². The zero-order valence-corrected chi connectivity index (χ0v) is 19.2. The zero-order chi connectivity index (χ0) is 24.8. The molecule has 1 aromatic carbocycles. The lowest BCUT2D eigenvalue weighted by molar-refractivity contribution is 0.100. The number of benzene rings is 1. The number of hydrogen-bond donors (Lipinski definition) is 4.